The van der Waals surface area contributed by atoms with Crippen LogP contribution in [0.2, 0.25) is 5.02 Å². The zero-order valence-corrected chi connectivity index (χ0v) is 8.78. The summed E-state index contributed by atoms with van der Waals surface area (Å²) in [7, 11) is 0. The van der Waals surface area contributed by atoms with E-state index in [0.29, 0.717) is 5.02 Å². The van der Waals surface area contributed by atoms with Gasteiger partial charge in [-0.2, -0.15) is 0 Å². The second kappa shape index (κ2) is 4.01. The first-order valence-electron chi connectivity index (χ1n) is 4.58. The molecule has 2 aromatic rings. The van der Waals surface area contributed by atoms with Gasteiger partial charge in [0.15, 0.2) is 0 Å². The summed E-state index contributed by atoms with van der Waals surface area (Å²) in [4.78, 5) is 4.22. The fraction of sp³-hybridized carbons (Fsp3) is 0.0833. The summed E-state index contributed by atoms with van der Waals surface area (Å²) < 4.78 is 0. The first-order valence-corrected chi connectivity index (χ1v) is 4.95. The molecule has 1 aromatic heterocycles. The normalized spacial score (nSPS) is 12.7. The molecule has 15 heavy (non-hydrogen) atoms. The summed E-state index contributed by atoms with van der Waals surface area (Å²) in [6, 6.07) is 7.22. The average molecular weight is 220 g/mol. The van der Waals surface area contributed by atoms with Gasteiger partial charge in [-0.3, -0.25) is 4.98 Å². The molecular weight excluding hydrogens is 210 g/mol. The summed E-state index contributed by atoms with van der Waals surface area (Å²) in [5.41, 5.74) is 1.45. The van der Waals surface area contributed by atoms with Gasteiger partial charge in [-0.1, -0.05) is 23.7 Å². The molecule has 0 saturated carbocycles. The Labute approximate surface area is 92.8 Å². The van der Waals surface area contributed by atoms with Crippen LogP contribution in [0, 0.1) is 0 Å². The number of aliphatic hydroxyl groups is 1. The lowest BCUT2D eigenvalue weighted by atomic mass is 10.0. The van der Waals surface area contributed by atoms with E-state index in [4.69, 9.17) is 11.6 Å². The Bertz CT molecular complexity index is 510. The SMILES string of the molecule is C=CC(O)c1ccc(Cl)c2cccnc12. The zero-order chi connectivity index (χ0) is 10.8. The molecule has 0 saturated heterocycles. The Kier molecular flexibility index (Phi) is 2.71. The molecule has 0 amide bonds. The number of aliphatic hydroxyl groups excluding tert-OH is 1. The lowest BCUT2D eigenvalue weighted by molar-refractivity contribution is 0.230. The van der Waals surface area contributed by atoms with Crippen LogP contribution in [0.1, 0.15) is 11.7 Å². The molecule has 3 heteroatoms. The van der Waals surface area contributed by atoms with Gasteiger partial charge < -0.3 is 5.11 Å². The van der Waals surface area contributed by atoms with E-state index in [-0.39, 0.29) is 0 Å². The number of halogens is 1. The topological polar surface area (TPSA) is 33.1 Å². The molecule has 0 aliphatic heterocycles. The monoisotopic (exact) mass is 219 g/mol. The highest BCUT2D eigenvalue weighted by atomic mass is 35.5. The Morgan fingerprint density at radius 3 is 2.93 bits per heavy atom. The van der Waals surface area contributed by atoms with Crippen molar-refractivity contribution in [3.63, 3.8) is 0 Å². The Balaban J connectivity index is 2.77. The van der Waals surface area contributed by atoms with Gasteiger partial charge in [0.1, 0.15) is 0 Å². The quantitative estimate of drug-likeness (QED) is 0.788. The van der Waals surface area contributed by atoms with E-state index < -0.39 is 6.10 Å². The van der Waals surface area contributed by atoms with Crippen LogP contribution in [0.3, 0.4) is 0 Å². The summed E-state index contributed by atoms with van der Waals surface area (Å²) in [5, 5.41) is 11.2. The molecule has 1 heterocycles. The van der Waals surface area contributed by atoms with E-state index >= 15 is 0 Å². The number of benzene rings is 1. The third-order valence-corrected chi connectivity index (χ3v) is 2.62. The second-order valence-corrected chi connectivity index (χ2v) is 3.62. The van der Waals surface area contributed by atoms with Crippen LogP contribution in [0.25, 0.3) is 10.9 Å². The molecule has 0 bridgehead atoms. The summed E-state index contributed by atoms with van der Waals surface area (Å²) in [5.74, 6) is 0. The van der Waals surface area contributed by atoms with E-state index in [2.05, 4.69) is 11.6 Å². The molecular formula is C12H10ClNO. The summed E-state index contributed by atoms with van der Waals surface area (Å²) >= 11 is 6.03. The minimum absolute atomic E-state index is 0.637. The molecule has 0 fully saturated rings. The van der Waals surface area contributed by atoms with Crippen LogP contribution in [0.4, 0.5) is 0 Å². The maximum Gasteiger partial charge on any atom is 0.0990 e. The number of hydrogen-bond donors (Lipinski definition) is 1. The Morgan fingerprint density at radius 2 is 2.20 bits per heavy atom. The van der Waals surface area contributed by atoms with Gasteiger partial charge in [0, 0.05) is 22.2 Å². The third kappa shape index (κ3) is 1.74. The smallest absolute Gasteiger partial charge is 0.0990 e. The molecule has 76 valence electrons. The lowest BCUT2D eigenvalue weighted by Crippen LogP contribution is -1.95. The predicted octanol–water partition coefficient (Wildman–Crippen LogP) is 3.11. The van der Waals surface area contributed by atoms with Crippen molar-refractivity contribution in [1.82, 2.24) is 4.98 Å². The summed E-state index contributed by atoms with van der Waals surface area (Å²) in [6.07, 6.45) is 2.44. The number of rotatable bonds is 2. The molecule has 1 N–H and O–H groups in total. The van der Waals surface area contributed by atoms with Gasteiger partial charge in [-0.25, -0.2) is 0 Å². The van der Waals surface area contributed by atoms with Gasteiger partial charge in [0.25, 0.3) is 0 Å². The molecule has 0 aliphatic rings. The number of hydrogen-bond acceptors (Lipinski definition) is 2. The Hall–Kier alpha value is -1.38. The standard InChI is InChI=1S/C12H10ClNO/c1-2-11(15)9-5-6-10(13)8-4-3-7-14-12(8)9/h2-7,11,15H,1H2. The van der Waals surface area contributed by atoms with Crippen molar-refractivity contribution < 1.29 is 5.11 Å². The van der Waals surface area contributed by atoms with Crippen LogP contribution >= 0.6 is 11.6 Å². The van der Waals surface area contributed by atoms with Gasteiger partial charge >= 0.3 is 0 Å². The van der Waals surface area contributed by atoms with Crippen LogP contribution < -0.4 is 0 Å². The van der Waals surface area contributed by atoms with Crippen molar-refractivity contribution in [2.75, 3.05) is 0 Å². The molecule has 1 atom stereocenters. The largest absolute Gasteiger partial charge is 0.384 e. The minimum atomic E-state index is -0.709. The maximum atomic E-state index is 9.72. The Morgan fingerprint density at radius 1 is 1.40 bits per heavy atom. The number of nitrogens with zero attached hydrogens (tertiary/aromatic N) is 1. The highest BCUT2D eigenvalue weighted by Gasteiger charge is 2.10. The summed E-state index contributed by atoms with van der Waals surface area (Å²) in [6.45, 7) is 3.56. The number of pyridine rings is 1. The zero-order valence-electron chi connectivity index (χ0n) is 8.02. The van der Waals surface area contributed by atoms with Crippen LogP contribution in [0.5, 0.6) is 0 Å². The van der Waals surface area contributed by atoms with E-state index in [1.54, 1.807) is 18.3 Å². The van der Waals surface area contributed by atoms with Crippen molar-refractivity contribution in [2.45, 2.75) is 6.10 Å². The van der Waals surface area contributed by atoms with Crippen molar-refractivity contribution in [2.24, 2.45) is 0 Å². The van der Waals surface area contributed by atoms with E-state index in [9.17, 15) is 5.11 Å². The van der Waals surface area contributed by atoms with E-state index in [1.165, 1.54) is 6.08 Å². The highest BCUT2D eigenvalue weighted by molar-refractivity contribution is 6.35. The fourth-order valence-corrected chi connectivity index (χ4v) is 1.74. The molecule has 2 rings (SSSR count). The molecule has 1 aromatic carbocycles. The lowest BCUT2D eigenvalue weighted by Gasteiger charge is -2.09. The van der Waals surface area contributed by atoms with Gasteiger partial charge in [-0.15, -0.1) is 6.58 Å². The average Bonchev–Trinajstić information content (AvgIpc) is 2.29. The second-order valence-electron chi connectivity index (χ2n) is 3.22. The van der Waals surface area contributed by atoms with Crippen LogP contribution in [-0.2, 0) is 0 Å². The molecule has 1 unspecified atom stereocenters. The van der Waals surface area contributed by atoms with Crippen molar-refractivity contribution >= 4 is 22.5 Å². The van der Waals surface area contributed by atoms with Crippen molar-refractivity contribution in [3.05, 3.63) is 53.7 Å². The molecule has 0 spiro atoms. The predicted molar refractivity (Wildman–Crippen MR) is 61.9 cm³/mol. The van der Waals surface area contributed by atoms with Crippen molar-refractivity contribution in [3.8, 4) is 0 Å². The van der Waals surface area contributed by atoms with E-state index in [1.807, 2.05) is 12.1 Å². The number of fused-ring (bicyclic) bond motifs is 1. The number of aromatic nitrogens is 1. The third-order valence-electron chi connectivity index (χ3n) is 2.29. The minimum Gasteiger partial charge on any atom is -0.384 e. The molecule has 0 aliphatic carbocycles. The van der Waals surface area contributed by atoms with Crippen LogP contribution in [0.15, 0.2) is 43.1 Å². The maximum absolute atomic E-state index is 9.72. The molecule has 0 radical (unpaired) electrons. The van der Waals surface area contributed by atoms with Crippen molar-refractivity contribution in [1.29, 1.82) is 0 Å². The van der Waals surface area contributed by atoms with Gasteiger partial charge in [-0.05, 0) is 18.2 Å². The fourth-order valence-electron chi connectivity index (χ4n) is 1.53. The highest BCUT2D eigenvalue weighted by Crippen LogP contribution is 2.28. The van der Waals surface area contributed by atoms with Gasteiger partial charge in [0.2, 0.25) is 0 Å². The van der Waals surface area contributed by atoms with E-state index in [0.717, 1.165) is 16.5 Å². The first kappa shape index (κ1) is 10.1. The first-order chi connectivity index (χ1) is 7.24. The van der Waals surface area contributed by atoms with Crippen LogP contribution in [-0.4, -0.2) is 10.1 Å². The molecule has 2 nitrogen and oxygen atoms in total. The van der Waals surface area contributed by atoms with Gasteiger partial charge in [0.05, 0.1) is 11.6 Å².